The van der Waals surface area contributed by atoms with Crippen LogP contribution in [0, 0.1) is 0 Å². The van der Waals surface area contributed by atoms with E-state index in [0.717, 1.165) is 11.1 Å². The van der Waals surface area contributed by atoms with Crippen LogP contribution in [0.2, 0.25) is 5.02 Å². The largest absolute Gasteiger partial charge is 0.480 e. The van der Waals surface area contributed by atoms with Crippen molar-refractivity contribution in [1.82, 2.24) is 14.7 Å². The number of halogens is 1. The van der Waals surface area contributed by atoms with Gasteiger partial charge < -0.3 is 14.8 Å². The van der Waals surface area contributed by atoms with Crippen molar-refractivity contribution in [1.29, 1.82) is 0 Å². The van der Waals surface area contributed by atoms with Crippen LogP contribution in [0.25, 0.3) is 16.8 Å². The van der Waals surface area contributed by atoms with E-state index in [4.69, 9.17) is 16.7 Å². The first-order chi connectivity index (χ1) is 11.0. The predicted molar refractivity (Wildman–Crippen MR) is 85.6 cm³/mol. The van der Waals surface area contributed by atoms with E-state index in [1.54, 1.807) is 28.8 Å². The molecule has 2 N–H and O–H groups in total. The van der Waals surface area contributed by atoms with Gasteiger partial charge in [0, 0.05) is 17.4 Å². The summed E-state index contributed by atoms with van der Waals surface area (Å²) in [5, 5.41) is 11.5. The first-order valence-corrected chi connectivity index (χ1v) is 7.15. The van der Waals surface area contributed by atoms with Crippen molar-refractivity contribution in [3.8, 4) is 11.1 Å². The lowest BCUT2D eigenvalue weighted by Crippen LogP contribution is -2.29. The van der Waals surface area contributed by atoms with E-state index in [1.165, 1.54) is 0 Å². The zero-order valence-electron chi connectivity index (χ0n) is 11.9. The summed E-state index contributed by atoms with van der Waals surface area (Å²) in [4.78, 5) is 26.5. The normalized spacial score (nSPS) is 10.7. The monoisotopic (exact) mass is 329 g/mol. The van der Waals surface area contributed by atoms with Crippen LogP contribution in [0.5, 0.6) is 0 Å². The maximum absolute atomic E-state index is 11.8. The molecule has 3 rings (SSSR count). The Kier molecular flexibility index (Phi) is 3.99. The number of imidazole rings is 1. The third kappa shape index (κ3) is 3.32. The van der Waals surface area contributed by atoms with Crippen LogP contribution in [0.4, 0.5) is 0 Å². The van der Waals surface area contributed by atoms with E-state index in [0.29, 0.717) is 10.7 Å². The number of amides is 1. The molecule has 7 heteroatoms. The van der Waals surface area contributed by atoms with Crippen LogP contribution in [-0.2, 0) is 4.79 Å². The second-order valence-electron chi connectivity index (χ2n) is 4.89. The maximum atomic E-state index is 11.8. The molecule has 2 heterocycles. The number of hydrogen-bond acceptors (Lipinski definition) is 3. The molecule has 0 unspecified atom stereocenters. The van der Waals surface area contributed by atoms with Gasteiger partial charge in [0.25, 0.3) is 5.91 Å². The minimum atomic E-state index is -1.10. The quantitative estimate of drug-likeness (QED) is 0.770. The van der Waals surface area contributed by atoms with Crippen LogP contribution in [0.3, 0.4) is 0 Å². The standard InChI is InChI=1S/C16H12ClN3O3/c17-12-4-1-10(2-5-12)11-3-6-14-19-13(9-20(14)8-11)16(23)18-7-15(21)22/h1-6,8-9H,7H2,(H,18,23)(H,21,22). The highest BCUT2D eigenvalue weighted by molar-refractivity contribution is 6.30. The fourth-order valence-corrected chi connectivity index (χ4v) is 2.29. The van der Waals surface area contributed by atoms with Gasteiger partial charge in [0.1, 0.15) is 17.9 Å². The SMILES string of the molecule is O=C(O)CNC(=O)c1cn2cc(-c3ccc(Cl)cc3)ccc2n1. The first-order valence-electron chi connectivity index (χ1n) is 6.77. The molecule has 116 valence electrons. The van der Waals surface area contributed by atoms with Gasteiger partial charge in [0.05, 0.1) is 0 Å². The van der Waals surface area contributed by atoms with Gasteiger partial charge in [0.15, 0.2) is 0 Å². The Labute approximate surface area is 136 Å². The van der Waals surface area contributed by atoms with Gasteiger partial charge in [-0.2, -0.15) is 0 Å². The van der Waals surface area contributed by atoms with Crippen LogP contribution in [0.15, 0.2) is 48.8 Å². The number of rotatable bonds is 4. The van der Waals surface area contributed by atoms with Gasteiger partial charge >= 0.3 is 5.97 Å². The summed E-state index contributed by atoms with van der Waals surface area (Å²) in [6.07, 6.45) is 3.41. The van der Waals surface area contributed by atoms with Gasteiger partial charge in [-0.25, -0.2) is 4.98 Å². The van der Waals surface area contributed by atoms with Crippen LogP contribution in [-0.4, -0.2) is 32.9 Å². The number of carboxylic acid groups (broad SMARTS) is 1. The second kappa shape index (κ2) is 6.10. The van der Waals surface area contributed by atoms with Gasteiger partial charge in [-0.3, -0.25) is 9.59 Å². The third-order valence-electron chi connectivity index (χ3n) is 3.26. The number of carboxylic acids is 1. The third-order valence-corrected chi connectivity index (χ3v) is 3.51. The van der Waals surface area contributed by atoms with Gasteiger partial charge in [-0.1, -0.05) is 23.7 Å². The lowest BCUT2D eigenvalue weighted by atomic mass is 10.1. The molecule has 0 bridgehead atoms. The van der Waals surface area contributed by atoms with Crippen molar-refractivity contribution < 1.29 is 14.7 Å². The molecule has 0 fully saturated rings. The maximum Gasteiger partial charge on any atom is 0.322 e. The van der Waals surface area contributed by atoms with E-state index in [2.05, 4.69) is 10.3 Å². The van der Waals surface area contributed by atoms with Crippen molar-refractivity contribution in [2.24, 2.45) is 0 Å². The Bertz CT molecular complexity index is 887. The topological polar surface area (TPSA) is 83.7 Å². The molecule has 23 heavy (non-hydrogen) atoms. The molecule has 6 nitrogen and oxygen atoms in total. The molecule has 0 aliphatic carbocycles. The number of aliphatic carboxylic acids is 1. The van der Waals surface area contributed by atoms with Gasteiger partial charge in [-0.15, -0.1) is 0 Å². The highest BCUT2D eigenvalue weighted by Gasteiger charge is 2.12. The van der Waals surface area contributed by atoms with Crippen molar-refractivity contribution in [2.45, 2.75) is 0 Å². The molecule has 0 spiro atoms. The Morgan fingerprint density at radius 2 is 1.78 bits per heavy atom. The second-order valence-corrected chi connectivity index (χ2v) is 5.33. The van der Waals surface area contributed by atoms with Crippen LogP contribution >= 0.6 is 11.6 Å². The number of aromatic nitrogens is 2. The summed E-state index contributed by atoms with van der Waals surface area (Å²) in [7, 11) is 0. The van der Waals surface area contributed by atoms with E-state index in [9.17, 15) is 9.59 Å². The molecule has 1 aromatic carbocycles. The molecular weight excluding hydrogens is 318 g/mol. The number of carbonyl (C=O) groups is 2. The zero-order valence-corrected chi connectivity index (χ0v) is 12.6. The van der Waals surface area contributed by atoms with Crippen molar-refractivity contribution in [3.05, 3.63) is 59.5 Å². The van der Waals surface area contributed by atoms with Crippen LogP contribution < -0.4 is 5.32 Å². The number of pyridine rings is 1. The molecule has 0 radical (unpaired) electrons. The number of nitrogens with zero attached hydrogens (tertiary/aromatic N) is 2. The lowest BCUT2D eigenvalue weighted by molar-refractivity contribution is -0.135. The number of hydrogen-bond donors (Lipinski definition) is 2. The van der Waals surface area contributed by atoms with E-state index < -0.39 is 18.4 Å². The summed E-state index contributed by atoms with van der Waals surface area (Å²) in [5.74, 6) is -1.63. The number of carbonyl (C=O) groups excluding carboxylic acids is 1. The average molecular weight is 330 g/mol. The number of benzene rings is 1. The minimum absolute atomic E-state index is 0.166. The predicted octanol–water partition coefficient (Wildman–Crippen LogP) is 2.47. The number of fused-ring (bicyclic) bond motifs is 1. The summed E-state index contributed by atoms with van der Waals surface area (Å²) in [6.45, 7) is -0.442. The smallest absolute Gasteiger partial charge is 0.322 e. The summed E-state index contributed by atoms with van der Waals surface area (Å²) < 4.78 is 1.72. The Balaban J connectivity index is 1.90. The molecular formula is C16H12ClN3O3. The summed E-state index contributed by atoms with van der Waals surface area (Å²) >= 11 is 5.88. The molecule has 0 aliphatic rings. The highest BCUT2D eigenvalue weighted by Crippen LogP contribution is 2.22. The number of nitrogens with one attached hydrogen (secondary N) is 1. The lowest BCUT2D eigenvalue weighted by Gasteiger charge is -2.02. The highest BCUT2D eigenvalue weighted by atomic mass is 35.5. The average Bonchev–Trinajstić information content (AvgIpc) is 2.96. The zero-order chi connectivity index (χ0) is 16.4. The molecule has 0 atom stereocenters. The van der Waals surface area contributed by atoms with Gasteiger partial charge in [-0.05, 0) is 35.4 Å². The van der Waals surface area contributed by atoms with E-state index in [1.807, 2.05) is 24.4 Å². The molecule has 0 saturated carbocycles. The molecule has 1 amide bonds. The molecule has 0 aliphatic heterocycles. The van der Waals surface area contributed by atoms with E-state index in [-0.39, 0.29) is 5.69 Å². The minimum Gasteiger partial charge on any atom is -0.480 e. The van der Waals surface area contributed by atoms with Gasteiger partial charge in [0.2, 0.25) is 0 Å². The molecule has 0 saturated heterocycles. The fraction of sp³-hybridized carbons (Fsp3) is 0.0625. The van der Waals surface area contributed by atoms with Crippen molar-refractivity contribution >= 4 is 29.1 Å². The summed E-state index contributed by atoms with van der Waals surface area (Å²) in [6, 6.07) is 11.1. The Morgan fingerprint density at radius 3 is 2.48 bits per heavy atom. The van der Waals surface area contributed by atoms with Crippen LogP contribution in [0.1, 0.15) is 10.5 Å². The molecule has 3 aromatic rings. The van der Waals surface area contributed by atoms with Crippen molar-refractivity contribution in [2.75, 3.05) is 6.54 Å². The van der Waals surface area contributed by atoms with E-state index >= 15 is 0 Å². The van der Waals surface area contributed by atoms with Crippen molar-refractivity contribution in [3.63, 3.8) is 0 Å². The summed E-state index contributed by atoms with van der Waals surface area (Å²) in [5.41, 5.74) is 2.70. The fourth-order valence-electron chi connectivity index (χ4n) is 2.16. The Hall–Kier alpha value is -2.86. The Morgan fingerprint density at radius 1 is 1.09 bits per heavy atom. The molecule has 2 aromatic heterocycles. The first kappa shape index (κ1) is 15.1.